The Morgan fingerprint density at radius 1 is 1.08 bits per heavy atom. The number of ether oxygens (including phenoxy) is 2. The molecular formula is C25H25N3O6S2. The summed E-state index contributed by atoms with van der Waals surface area (Å²) in [6.45, 7) is 4.98. The summed E-state index contributed by atoms with van der Waals surface area (Å²) in [5.41, 5.74) is 2.23. The second-order valence-electron chi connectivity index (χ2n) is 8.10. The number of nitrogens with zero attached hydrogens (tertiary/aromatic N) is 3. The fraction of sp³-hybridized carbons (Fsp3) is 0.280. The molecule has 188 valence electrons. The molecule has 1 saturated heterocycles. The van der Waals surface area contributed by atoms with Crippen molar-refractivity contribution in [3.63, 3.8) is 0 Å². The number of rotatable bonds is 9. The number of hydrogen-bond donors (Lipinski definition) is 0. The number of benzene rings is 2. The van der Waals surface area contributed by atoms with Gasteiger partial charge in [-0.15, -0.1) is 0 Å². The molecule has 0 amide bonds. The molecule has 3 heterocycles. The lowest BCUT2D eigenvalue weighted by Crippen LogP contribution is -2.36. The zero-order valence-corrected chi connectivity index (χ0v) is 21.3. The van der Waals surface area contributed by atoms with E-state index in [9.17, 15) is 8.42 Å². The molecular weight excluding hydrogens is 502 g/mol. The summed E-state index contributed by atoms with van der Waals surface area (Å²) in [7, 11) is -3.83. The van der Waals surface area contributed by atoms with E-state index in [0.717, 1.165) is 41.9 Å². The Morgan fingerprint density at radius 3 is 2.69 bits per heavy atom. The third kappa shape index (κ3) is 5.93. The zero-order valence-electron chi connectivity index (χ0n) is 19.6. The predicted molar refractivity (Wildman–Crippen MR) is 138 cm³/mol. The van der Waals surface area contributed by atoms with Gasteiger partial charge in [0.2, 0.25) is 5.89 Å². The van der Waals surface area contributed by atoms with Crippen LogP contribution in [0, 0.1) is 6.92 Å². The van der Waals surface area contributed by atoms with Crippen LogP contribution in [0.2, 0.25) is 0 Å². The molecule has 9 nitrogen and oxygen atoms in total. The Morgan fingerprint density at radius 2 is 1.89 bits per heavy atom. The second-order valence-corrected chi connectivity index (χ2v) is 10.8. The molecule has 0 atom stereocenters. The van der Waals surface area contributed by atoms with Crippen LogP contribution >= 0.6 is 11.3 Å². The number of morpholine rings is 1. The van der Waals surface area contributed by atoms with Gasteiger partial charge in [0.25, 0.3) is 10.1 Å². The van der Waals surface area contributed by atoms with Crippen molar-refractivity contribution in [2.75, 3.05) is 44.4 Å². The molecule has 0 radical (unpaired) electrons. The maximum absolute atomic E-state index is 12.3. The van der Waals surface area contributed by atoms with Crippen molar-refractivity contribution in [1.82, 2.24) is 9.97 Å². The van der Waals surface area contributed by atoms with Crippen LogP contribution in [0.25, 0.3) is 23.3 Å². The maximum atomic E-state index is 12.3. The van der Waals surface area contributed by atoms with Crippen LogP contribution in [0.3, 0.4) is 0 Å². The molecule has 1 fully saturated rings. The fourth-order valence-corrected chi connectivity index (χ4v) is 5.33. The van der Waals surface area contributed by atoms with E-state index in [1.807, 2.05) is 19.2 Å². The number of oxazole rings is 1. The van der Waals surface area contributed by atoms with Crippen molar-refractivity contribution in [3.05, 3.63) is 65.0 Å². The van der Waals surface area contributed by atoms with Crippen molar-refractivity contribution in [2.24, 2.45) is 0 Å². The van der Waals surface area contributed by atoms with Gasteiger partial charge in [-0.3, -0.25) is 4.18 Å². The first kappa shape index (κ1) is 24.4. The molecule has 2 aromatic heterocycles. The van der Waals surface area contributed by atoms with Crippen molar-refractivity contribution in [2.45, 2.75) is 11.8 Å². The Hall–Kier alpha value is -3.25. The Bertz CT molecular complexity index is 1450. The number of hydrogen-bond acceptors (Lipinski definition) is 10. The van der Waals surface area contributed by atoms with Gasteiger partial charge in [0.15, 0.2) is 10.7 Å². The standard InChI is InChI=1S/C25H25N3O6S2/c1-18-2-6-21(7-3-18)36(29,30)33-15-14-32-19-4-8-22-23(16-19)34-24(27-22)9-5-20-17-26-25(35-20)28-10-12-31-13-11-28/h2-9,16-17H,10-15H2,1H3/b9-5+. The number of anilines is 1. The van der Waals surface area contributed by atoms with E-state index in [1.165, 1.54) is 12.1 Å². The van der Waals surface area contributed by atoms with Crippen LogP contribution in [-0.4, -0.2) is 57.9 Å². The number of aryl methyl sites for hydroxylation is 1. The van der Waals surface area contributed by atoms with E-state index >= 15 is 0 Å². The van der Waals surface area contributed by atoms with Crippen molar-refractivity contribution in [3.8, 4) is 5.75 Å². The van der Waals surface area contributed by atoms with Crippen molar-refractivity contribution < 1.29 is 26.5 Å². The summed E-state index contributed by atoms with van der Waals surface area (Å²) in [6, 6.07) is 11.8. The smallest absolute Gasteiger partial charge is 0.297 e. The molecule has 1 aliphatic heterocycles. The van der Waals surface area contributed by atoms with Crippen LogP contribution < -0.4 is 9.64 Å². The summed E-state index contributed by atoms with van der Waals surface area (Å²) in [6.07, 6.45) is 5.57. The first-order valence-electron chi connectivity index (χ1n) is 11.4. The lowest BCUT2D eigenvalue weighted by Gasteiger charge is -2.25. The number of thiazole rings is 1. The predicted octanol–water partition coefficient (Wildman–Crippen LogP) is 4.38. The fourth-order valence-electron chi connectivity index (χ4n) is 3.57. The van der Waals surface area contributed by atoms with Crippen LogP contribution in [0.5, 0.6) is 5.75 Å². The first-order valence-corrected chi connectivity index (χ1v) is 13.6. The van der Waals surface area contributed by atoms with Gasteiger partial charge >= 0.3 is 0 Å². The molecule has 11 heteroatoms. The van der Waals surface area contributed by atoms with E-state index in [-0.39, 0.29) is 18.1 Å². The molecule has 36 heavy (non-hydrogen) atoms. The summed E-state index contributed by atoms with van der Waals surface area (Å²) < 4.78 is 46.5. The molecule has 0 N–H and O–H groups in total. The highest BCUT2D eigenvalue weighted by molar-refractivity contribution is 7.86. The maximum Gasteiger partial charge on any atom is 0.297 e. The normalized spacial score (nSPS) is 14.6. The van der Waals surface area contributed by atoms with Crippen LogP contribution in [0.15, 0.2) is 58.0 Å². The van der Waals surface area contributed by atoms with Gasteiger partial charge in [-0.1, -0.05) is 29.0 Å². The van der Waals surface area contributed by atoms with Gasteiger partial charge in [-0.2, -0.15) is 8.42 Å². The van der Waals surface area contributed by atoms with Crippen LogP contribution in [-0.2, 0) is 19.0 Å². The van der Waals surface area contributed by atoms with Gasteiger partial charge in [-0.05, 0) is 37.3 Å². The van der Waals surface area contributed by atoms with Crippen molar-refractivity contribution >= 4 is 49.8 Å². The van der Waals surface area contributed by atoms with Gasteiger partial charge in [-0.25, -0.2) is 9.97 Å². The van der Waals surface area contributed by atoms with E-state index in [1.54, 1.807) is 47.7 Å². The summed E-state index contributed by atoms with van der Waals surface area (Å²) in [4.78, 5) is 12.3. The Labute approximate surface area is 213 Å². The molecule has 0 spiro atoms. The minimum atomic E-state index is -3.83. The van der Waals surface area contributed by atoms with E-state index in [0.29, 0.717) is 22.7 Å². The van der Waals surface area contributed by atoms with Crippen molar-refractivity contribution in [1.29, 1.82) is 0 Å². The third-order valence-corrected chi connectivity index (χ3v) is 7.81. The Balaban J connectivity index is 1.16. The van der Waals surface area contributed by atoms with Gasteiger partial charge in [0.1, 0.15) is 24.5 Å². The summed E-state index contributed by atoms with van der Waals surface area (Å²) in [5, 5.41) is 0.980. The SMILES string of the molecule is Cc1ccc(S(=O)(=O)OCCOc2ccc3nc(/C=C/c4cnc(N5CCOCC5)s4)oc3c2)cc1. The average molecular weight is 528 g/mol. The zero-order chi connectivity index (χ0) is 25.0. The molecule has 2 aromatic carbocycles. The highest BCUT2D eigenvalue weighted by Gasteiger charge is 2.15. The van der Waals surface area contributed by atoms with E-state index < -0.39 is 10.1 Å². The molecule has 5 rings (SSSR count). The van der Waals surface area contributed by atoms with Crippen LogP contribution in [0.4, 0.5) is 5.13 Å². The minimum Gasteiger partial charge on any atom is -0.491 e. The summed E-state index contributed by atoms with van der Waals surface area (Å²) >= 11 is 1.61. The molecule has 0 aliphatic carbocycles. The second kappa shape index (κ2) is 10.8. The van der Waals surface area contributed by atoms with E-state index in [4.69, 9.17) is 18.1 Å². The molecule has 0 unspecified atom stereocenters. The minimum absolute atomic E-state index is 0.0638. The lowest BCUT2D eigenvalue weighted by molar-refractivity contribution is 0.122. The molecule has 0 bridgehead atoms. The highest BCUT2D eigenvalue weighted by atomic mass is 32.2. The quantitative estimate of drug-likeness (QED) is 0.232. The topological polar surface area (TPSA) is 104 Å². The largest absolute Gasteiger partial charge is 0.491 e. The average Bonchev–Trinajstić information content (AvgIpc) is 3.53. The summed E-state index contributed by atoms with van der Waals surface area (Å²) in [5.74, 6) is 0.999. The number of aromatic nitrogens is 2. The van der Waals surface area contributed by atoms with Gasteiger partial charge in [0.05, 0.1) is 18.1 Å². The third-order valence-electron chi connectivity index (χ3n) is 5.46. The Kier molecular flexibility index (Phi) is 7.33. The molecule has 0 saturated carbocycles. The van der Waals surface area contributed by atoms with Crippen LogP contribution in [0.1, 0.15) is 16.3 Å². The van der Waals surface area contributed by atoms with E-state index in [2.05, 4.69) is 14.9 Å². The first-order chi connectivity index (χ1) is 17.5. The van der Waals surface area contributed by atoms with Gasteiger partial charge in [0, 0.05) is 36.3 Å². The lowest BCUT2D eigenvalue weighted by atomic mass is 10.2. The molecule has 4 aromatic rings. The molecule has 1 aliphatic rings. The highest BCUT2D eigenvalue weighted by Crippen LogP contribution is 2.26. The van der Waals surface area contributed by atoms with Gasteiger partial charge < -0.3 is 18.8 Å². The monoisotopic (exact) mass is 527 g/mol. The number of fused-ring (bicyclic) bond motifs is 1.